The van der Waals surface area contributed by atoms with Gasteiger partial charge in [-0.05, 0) is 31.0 Å². The Labute approximate surface area is 125 Å². The first-order valence-electron chi connectivity index (χ1n) is 6.67. The van der Waals surface area contributed by atoms with Gasteiger partial charge in [-0.3, -0.25) is 4.79 Å². The molecule has 1 aromatic rings. The summed E-state index contributed by atoms with van der Waals surface area (Å²) in [6.45, 7) is 0.219. The van der Waals surface area contributed by atoms with E-state index in [0.29, 0.717) is 12.8 Å². The number of anilines is 1. The van der Waals surface area contributed by atoms with E-state index in [1.807, 2.05) is 0 Å². The van der Waals surface area contributed by atoms with E-state index < -0.39 is 17.2 Å². The van der Waals surface area contributed by atoms with E-state index in [1.165, 1.54) is 6.07 Å². The van der Waals surface area contributed by atoms with Crippen LogP contribution >= 0.6 is 11.6 Å². The lowest BCUT2D eigenvalue weighted by atomic mass is 9.85. The number of benzene rings is 1. The van der Waals surface area contributed by atoms with Gasteiger partial charge < -0.3 is 11.1 Å². The predicted molar refractivity (Wildman–Crippen MR) is 75.0 cm³/mol. The molecule has 0 radical (unpaired) electrons. The summed E-state index contributed by atoms with van der Waals surface area (Å²) in [6.07, 6.45) is -1.24. The molecule has 116 valence electrons. The van der Waals surface area contributed by atoms with Gasteiger partial charge in [0, 0.05) is 6.54 Å². The number of hydrogen-bond donors (Lipinski definition) is 2. The van der Waals surface area contributed by atoms with Crippen LogP contribution in [0.2, 0.25) is 5.02 Å². The Hall–Kier alpha value is -1.27. The fourth-order valence-corrected chi connectivity index (χ4v) is 2.85. The van der Waals surface area contributed by atoms with E-state index in [2.05, 4.69) is 5.32 Å². The molecular weight excluding hydrogens is 305 g/mol. The number of carbonyl (C=O) groups is 1. The first-order chi connectivity index (χ1) is 9.78. The highest BCUT2D eigenvalue weighted by Gasteiger charge is 2.40. The summed E-state index contributed by atoms with van der Waals surface area (Å²) in [4.78, 5) is 12.3. The molecule has 0 spiro atoms. The minimum absolute atomic E-state index is 0.136. The summed E-state index contributed by atoms with van der Waals surface area (Å²) in [6, 6.07) is 2.87. The monoisotopic (exact) mass is 320 g/mol. The predicted octanol–water partition coefficient (Wildman–Crippen LogP) is 3.82. The molecule has 0 bridgehead atoms. The zero-order valence-electron chi connectivity index (χ0n) is 11.3. The minimum atomic E-state index is -4.46. The van der Waals surface area contributed by atoms with Crippen molar-refractivity contribution < 1.29 is 18.0 Å². The molecule has 3 nitrogen and oxygen atoms in total. The van der Waals surface area contributed by atoms with Crippen LogP contribution in [0.15, 0.2) is 18.2 Å². The molecule has 0 saturated heterocycles. The first-order valence-corrected chi connectivity index (χ1v) is 7.04. The minimum Gasteiger partial charge on any atom is -0.329 e. The van der Waals surface area contributed by atoms with Gasteiger partial charge in [0.25, 0.3) is 0 Å². The van der Waals surface area contributed by atoms with Crippen LogP contribution in [0.1, 0.15) is 31.2 Å². The van der Waals surface area contributed by atoms with Crippen LogP contribution in [0.5, 0.6) is 0 Å². The van der Waals surface area contributed by atoms with Gasteiger partial charge in [0.05, 0.1) is 21.7 Å². The van der Waals surface area contributed by atoms with Crippen LogP contribution < -0.4 is 11.1 Å². The van der Waals surface area contributed by atoms with E-state index in [9.17, 15) is 18.0 Å². The number of carbonyl (C=O) groups excluding carboxylic acids is 1. The summed E-state index contributed by atoms with van der Waals surface area (Å²) in [5, 5.41) is 2.47. The smallest absolute Gasteiger partial charge is 0.329 e. The van der Waals surface area contributed by atoms with Gasteiger partial charge in [0.2, 0.25) is 5.91 Å². The topological polar surface area (TPSA) is 55.1 Å². The van der Waals surface area contributed by atoms with Crippen LogP contribution in [0.3, 0.4) is 0 Å². The average molecular weight is 321 g/mol. The number of hydrogen-bond acceptors (Lipinski definition) is 2. The molecule has 1 aromatic carbocycles. The fourth-order valence-electron chi connectivity index (χ4n) is 2.62. The standard InChI is InChI=1S/C14H16ClF3N2O/c15-10-7-9(14(16,17)18)3-4-11(10)20-12(21)13(8-19)5-1-2-6-13/h3-4,7H,1-2,5-6,8,19H2,(H,20,21). The van der Waals surface area contributed by atoms with Crippen molar-refractivity contribution in [2.45, 2.75) is 31.9 Å². The van der Waals surface area contributed by atoms with Gasteiger partial charge >= 0.3 is 6.18 Å². The lowest BCUT2D eigenvalue weighted by Gasteiger charge is -2.26. The Morgan fingerprint density at radius 1 is 1.33 bits per heavy atom. The molecule has 0 aliphatic heterocycles. The molecule has 1 aliphatic rings. The van der Waals surface area contributed by atoms with Crippen LogP contribution in [0.4, 0.5) is 18.9 Å². The normalized spacial score (nSPS) is 17.8. The second-order valence-electron chi connectivity index (χ2n) is 5.34. The molecule has 2 rings (SSSR count). The van der Waals surface area contributed by atoms with E-state index >= 15 is 0 Å². The number of nitrogens with two attached hydrogens (primary N) is 1. The van der Waals surface area contributed by atoms with E-state index in [4.69, 9.17) is 17.3 Å². The highest BCUT2D eigenvalue weighted by molar-refractivity contribution is 6.33. The Morgan fingerprint density at radius 2 is 1.95 bits per heavy atom. The Morgan fingerprint density at radius 3 is 2.43 bits per heavy atom. The van der Waals surface area contributed by atoms with Gasteiger partial charge in [-0.2, -0.15) is 13.2 Å². The molecule has 1 aliphatic carbocycles. The highest BCUT2D eigenvalue weighted by Crippen LogP contribution is 2.39. The summed E-state index contributed by atoms with van der Waals surface area (Å²) >= 11 is 5.83. The van der Waals surface area contributed by atoms with Crippen molar-refractivity contribution in [2.24, 2.45) is 11.1 Å². The molecule has 21 heavy (non-hydrogen) atoms. The van der Waals surface area contributed by atoms with Crippen molar-refractivity contribution in [3.63, 3.8) is 0 Å². The van der Waals surface area contributed by atoms with Crippen LogP contribution in [-0.4, -0.2) is 12.5 Å². The Balaban J connectivity index is 2.18. The van der Waals surface area contributed by atoms with Crippen molar-refractivity contribution >= 4 is 23.2 Å². The van der Waals surface area contributed by atoms with Crippen LogP contribution in [0.25, 0.3) is 0 Å². The first kappa shape index (κ1) is 16.1. The summed E-state index contributed by atoms with van der Waals surface area (Å²) in [5.41, 5.74) is 4.40. The highest BCUT2D eigenvalue weighted by atomic mass is 35.5. The third-order valence-corrected chi connectivity index (χ3v) is 4.29. The number of alkyl halides is 3. The maximum absolute atomic E-state index is 12.6. The lowest BCUT2D eigenvalue weighted by molar-refractivity contribution is -0.137. The largest absolute Gasteiger partial charge is 0.416 e. The molecular formula is C14H16ClF3N2O. The van der Waals surface area contributed by atoms with Gasteiger partial charge in [-0.15, -0.1) is 0 Å². The second-order valence-corrected chi connectivity index (χ2v) is 5.75. The van der Waals surface area contributed by atoms with Gasteiger partial charge in [-0.25, -0.2) is 0 Å². The van der Waals surface area contributed by atoms with E-state index in [-0.39, 0.29) is 23.2 Å². The maximum Gasteiger partial charge on any atom is 0.416 e. The molecule has 7 heteroatoms. The molecule has 1 amide bonds. The molecule has 0 atom stereocenters. The number of nitrogens with one attached hydrogen (secondary N) is 1. The summed E-state index contributed by atoms with van der Waals surface area (Å²) in [5.74, 6) is -0.274. The molecule has 3 N–H and O–H groups in total. The number of rotatable bonds is 3. The Bertz CT molecular complexity index is 540. The second kappa shape index (κ2) is 5.85. The summed E-state index contributed by atoms with van der Waals surface area (Å²) < 4.78 is 37.7. The van der Waals surface area contributed by atoms with Crippen molar-refractivity contribution in [2.75, 3.05) is 11.9 Å². The van der Waals surface area contributed by atoms with Gasteiger partial charge in [0.1, 0.15) is 0 Å². The number of amides is 1. The molecule has 1 saturated carbocycles. The molecule has 0 heterocycles. The van der Waals surface area contributed by atoms with E-state index in [0.717, 1.165) is 25.0 Å². The van der Waals surface area contributed by atoms with Crippen molar-refractivity contribution in [1.29, 1.82) is 0 Å². The molecule has 1 fully saturated rings. The van der Waals surface area contributed by atoms with E-state index in [1.54, 1.807) is 0 Å². The van der Waals surface area contributed by atoms with Crippen molar-refractivity contribution in [3.8, 4) is 0 Å². The zero-order valence-corrected chi connectivity index (χ0v) is 12.0. The van der Waals surface area contributed by atoms with Crippen LogP contribution in [-0.2, 0) is 11.0 Å². The quantitative estimate of drug-likeness (QED) is 0.889. The lowest BCUT2D eigenvalue weighted by Crippen LogP contribution is -2.40. The number of halogens is 4. The summed E-state index contributed by atoms with van der Waals surface area (Å²) in [7, 11) is 0. The fraction of sp³-hybridized carbons (Fsp3) is 0.500. The Kier molecular flexibility index (Phi) is 4.49. The maximum atomic E-state index is 12.6. The third kappa shape index (κ3) is 3.32. The van der Waals surface area contributed by atoms with Gasteiger partial charge in [-0.1, -0.05) is 24.4 Å². The zero-order chi connectivity index (χ0) is 15.7. The van der Waals surface area contributed by atoms with Crippen LogP contribution in [0, 0.1) is 5.41 Å². The van der Waals surface area contributed by atoms with Gasteiger partial charge in [0.15, 0.2) is 0 Å². The average Bonchev–Trinajstić information content (AvgIpc) is 2.90. The third-order valence-electron chi connectivity index (χ3n) is 3.98. The van der Waals surface area contributed by atoms with Crippen molar-refractivity contribution in [1.82, 2.24) is 0 Å². The molecule has 0 aromatic heterocycles. The molecule has 0 unspecified atom stereocenters. The van der Waals surface area contributed by atoms with Crippen molar-refractivity contribution in [3.05, 3.63) is 28.8 Å². The SMILES string of the molecule is NCC1(C(=O)Nc2ccc(C(F)(F)F)cc2Cl)CCCC1.